The molecule has 1 fully saturated rings. The molecule has 9 heteroatoms. The molecule has 2 amide bonds. The summed E-state index contributed by atoms with van der Waals surface area (Å²) in [6.45, 7) is 7.13. The summed E-state index contributed by atoms with van der Waals surface area (Å²) in [4.78, 5) is 38.3. The van der Waals surface area contributed by atoms with E-state index in [1.165, 1.54) is 11.3 Å². The molecule has 0 aliphatic heterocycles. The number of nitrogens with zero attached hydrogens (tertiary/aromatic N) is 1. The highest BCUT2D eigenvalue weighted by Gasteiger charge is 2.32. The van der Waals surface area contributed by atoms with E-state index in [9.17, 15) is 14.4 Å². The zero-order chi connectivity index (χ0) is 20.4. The Hall–Kier alpha value is -2.68. The summed E-state index contributed by atoms with van der Waals surface area (Å²) in [5, 5.41) is 9.58. The van der Waals surface area contributed by atoms with E-state index in [4.69, 9.17) is 9.26 Å². The Kier molecular flexibility index (Phi) is 5.83. The lowest BCUT2D eigenvalue weighted by Crippen LogP contribution is -2.32. The number of nitrogens with one attached hydrogen (secondary N) is 2. The number of thiophene rings is 1. The number of aromatic nitrogens is 1. The molecule has 1 aliphatic carbocycles. The van der Waals surface area contributed by atoms with Crippen molar-refractivity contribution in [3.63, 3.8) is 0 Å². The first-order valence-corrected chi connectivity index (χ1v) is 9.97. The van der Waals surface area contributed by atoms with Crippen molar-refractivity contribution in [1.82, 2.24) is 5.16 Å². The van der Waals surface area contributed by atoms with Gasteiger partial charge in [-0.25, -0.2) is 4.79 Å². The van der Waals surface area contributed by atoms with Crippen molar-refractivity contribution in [2.45, 2.75) is 53.1 Å². The third kappa shape index (κ3) is 4.41. The largest absolute Gasteiger partial charge is 0.449 e. The molecular formula is C19H23N3O5S. The van der Waals surface area contributed by atoms with E-state index in [1.807, 2.05) is 6.92 Å². The van der Waals surface area contributed by atoms with Crippen LogP contribution in [0.3, 0.4) is 0 Å². The fourth-order valence-corrected chi connectivity index (χ4v) is 3.71. The number of rotatable bonds is 7. The molecule has 0 bridgehead atoms. The number of esters is 1. The van der Waals surface area contributed by atoms with Gasteiger partial charge in [0, 0.05) is 16.9 Å². The minimum absolute atomic E-state index is 0.0201. The molecule has 150 valence electrons. The first-order valence-electron chi connectivity index (χ1n) is 9.16. The second-order valence-electron chi connectivity index (χ2n) is 6.87. The topological polar surface area (TPSA) is 111 Å². The minimum atomic E-state index is -0.990. The average Bonchev–Trinajstić information content (AvgIpc) is 3.36. The molecule has 2 N–H and O–H groups in total. The van der Waals surface area contributed by atoms with Crippen LogP contribution in [0, 0.1) is 26.7 Å². The van der Waals surface area contributed by atoms with Crippen LogP contribution < -0.4 is 10.6 Å². The standard InChI is InChI=1S/C19H23N3O5S/c1-5-13(17(24)20-14-8-9(2)27-22-14)26-19(25)15-10(3)11(4)28-18(15)21-16(23)12-6-7-12/h8,12-13H,5-7H2,1-4H3,(H,21,23)(H,20,22,24). The van der Waals surface area contributed by atoms with E-state index in [-0.39, 0.29) is 17.6 Å². The summed E-state index contributed by atoms with van der Waals surface area (Å²) in [6, 6.07) is 1.57. The fraction of sp³-hybridized carbons (Fsp3) is 0.474. The van der Waals surface area contributed by atoms with Crippen LogP contribution in [0.15, 0.2) is 10.6 Å². The highest BCUT2D eigenvalue weighted by molar-refractivity contribution is 7.16. The number of hydrogen-bond acceptors (Lipinski definition) is 7. The zero-order valence-corrected chi connectivity index (χ0v) is 17.1. The van der Waals surface area contributed by atoms with Crippen LogP contribution in [-0.2, 0) is 14.3 Å². The van der Waals surface area contributed by atoms with Gasteiger partial charge in [0.2, 0.25) is 5.91 Å². The lowest BCUT2D eigenvalue weighted by Gasteiger charge is -2.16. The molecule has 1 unspecified atom stereocenters. The first kappa shape index (κ1) is 20.1. The Labute approximate surface area is 166 Å². The van der Waals surface area contributed by atoms with Crippen molar-refractivity contribution >= 4 is 39.9 Å². The molecule has 0 aromatic carbocycles. The second kappa shape index (κ2) is 8.14. The first-order chi connectivity index (χ1) is 13.3. The van der Waals surface area contributed by atoms with Gasteiger partial charge in [0.1, 0.15) is 10.8 Å². The maximum Gasteiger partial charge on any atom is 0.342 e. The third-order valence-corrected chi connectivity index (χ3v) is 5.69. The summed E-state index contributed by atoms with van der Waals surface area (Å²) in [5.41, 5.74) is 1.04. The Balaban J connectivity index is 1.73. The van der Waals surface area contributed by atoms with Crippen LogP contribution in [0.4, 0.5) is 10.8 Å². The van der Waals surface area contributed by atoms with Crippen molar-refractivity contribution in [3.8, 4) is 0 Å². The molecular weight excluding hydrogens is 382 g/mol. The Bertz CT molecular complexity index is 913. The van der Waals surface area contributed by atoms with Crippen LogP contribution in [0.25, 0.3) is 0 Å². The van der Waals surface area contributed by atoms with Gasteiger partial charge in [-0.2, -0.15) is 0 Å². The summed E-state index contributed by atoms with van der Waals surface area (Å²) in [7, 11) is 0. The molecule has 2 heterocycles. The third-order valence-electron chi connectivity index (χ3n) is 4.57. The van der Waals surface area contributed by atoms with E-state index in [2.05, 4.69) is 15.8 Å². The monoisotopic (exact) mass is 405 g/mol. The average molecular weight is 405 g/mol. The number of amides is 2. The molecule has 3 rings (SSSR count). The molecule has 1 atom stereocenters. The van der Waals surface area contributed by atoms with Gasteiger partial charge < -0.3 is 19.9 Å². The molecule has 0 radical (unpaired) electrons. The smallest absolute Gasteiger partial charge is 0.342 e. The molecule has 2 aromatic heterocycles. The maximum atomic E-state index is 12.8. The second-order valence-corrected chi connectivity index (χ2v) is 8.09. The Morgan fingerprint density at radius 3 is 2.57 bits per heavy atom. The van der Waals surface area contributed by atoms with Crippen molar-refractivity contribution in [2.75, 3.05) is 10.6 Å². The van der Waals surface area contributed by atoms with Gasteiger partial charge in [-0.15, -0.1) is 11.3 Å². The predicted molar refractivity (Wildman–Crippen MR) is 105 cm³/mol. The summed E-state index contributed by atoms with van der Waals surface area (Å²) >= 11 is 1.34. The fourth-order valence-electron chi connectivity index (χ4n) is 2.66. The van der Waals surface area contributed by atoms with Gasteiger partial charge in [-0.05, 0) is 45.6 Å². The van der Waals surface area contributed by atoms with Crippen molar-refractivity contribution in [3.05, 3.63) is 27.8 Å². The molecule has 2 aromatic rings. The lowest BCUT2D eigenvalue weighted by atomic mass is 10.1. The van der Waals surface area contributed by atoms with Gasteiger partial charge in [0.05, 0.1) is 5.56 Å². The zero-order valence-electron chi connectivity index (χ0n) is 16.3. The maximum absolute atomic E-state index is 12.8. The summed E-state index contributed by atoms with van der Waals surface area (Å²) < 4.78 is 10.4. The van der Waals surface area contributed by atoms with Gasteiger partial charge in [-0.3, -0.25) is 9.59 Å². The van der Waals surface area contributed by atoms with Crippen molar-refractivity contribution in [1.29, 1.82) is 0 Å². The van der Waals surface area contributed by atoms with Crippen LogP contribution in [0.1, 0.15) is 52.7 Å². The number of carbonyl (C=O) groups excluding carboxylic acids is 3. The Morgan fingerprint density at radius 1 is 1.29 bits per heavy atom. The van der Waals surface area contributed by atoms with Crippen LogP contribution in [-0.4, -0.2) is 29.0 Å². The van der Waals surface area contributed by atoms with E-state index in [1.54, 1.807) is 26.8 Å². The van der Waals surface area contributed by atoms with E-state index < -0.39 is 18.0 Å². The van der Waals surface area contributed by atoms with Gasteiger partial charge in [0.15, 0.2) is 11.9 Å². The molecule has 0 saturated heterocycles. The van der Waals surface area contributed by atoms with E-state index >= 15 is 0 Å². The molecule has 0 spiro atoms. The molecule has 8 nitrogen and oxygen atoms in total. The predicted octanol–water partition coefficient (Wildman–Crippen LogP) is 3.58. The Morgan fingerprint density at radius 2 is 2.00 bits per heavy atom. The van der Waals surface area contributed by atoms with E-state index in [0.717, 1.165) is 23.3 Å². The van der Waals surface area contributed by atoms with Gasteiger partial charge >= 0.3 is 5.97 Å². The normalized spacial score (nSPS) is 14.4. The lowest BCUT2D eigenvalue weighted by molar-refractivity contribution is -0.124. The summed E-state index contributed by atoms with van der Waals surface area (Å²) in [6.07, 6.45) is 1.04. The molecule has 28 heavy (non-hydrogen) atoms. The number of hydrogen-bond donors (Lipinski definition) is 2. The minimum Gasteiger partial charge on any atom is -0.449 e. The highest BCUT2D eigenvalue weighted by Crippen LogP contribution is 2.36. The molecule has 1 saturated carbocycles. The van der Waals surface area contributed by atoms with Crippen molar-refractivity contribution < 1.29 is 23.6 Å². The number of aryl methyl sites for hydroxylation is 2. The molecule has 1 aliphatic rings. The highest BCUT2D eigenvalue weighted by atomic mass is 32.1. The summed E-state index contributed by atoms with van der Waals surface area (Å²) in [5.74, 6) is -0.366. The van der Waals surface area contributed by atoms with Crippen molar-refractivity contribution in [2.24, 2.45) is 5.92 Å². The number of anilines is 2. The van der Waals surface area contributed by atoms with Crippen LogP contribution >= 0.6 is 11.3 Å². The van der Waals surface area contributed by atoms with Crippen LogP contribution in [0.2, 0.25) is 0 Å². The number of carbonyl (C=O) groups is 3. The van der Waals surface area contributed by atoms with Gasteiger partial charge in [-0.1, -0.05) is 12.1 Å². The SMILES string of the molecule is CCC(OC(=O)c1c(NC(=O)C2CC2)sc(C)c1C)C(=O)Nc1cc(C)on1. The number of ether oxygens (including phenoxy) is 1. The van der Waals surface area contributed by atoms with Crippen LogP contribution in [0.5, 0.6) is 0 Å². The van der Waals surface area contributed by atoms with Gasteiger partial charge in [0.25, 0.3) is 5.91 Å². The quantitative estimate of drug-likeness (QED) is 0.681. The van der Waals surface area contributed by atoms with E-state index in [0.29, 0.717) is 22.7 Å².